The zero-order valence-corrected chi connectivity index (χ0v) is 16.0. The van der Waals surface area contributed by atoms with Crippen molar-refractivity contribution in [3.8, 4) is 0 Å². The molecule has 27 heavy (non-hydrogen) atoms. The minimum Gasteiger partial charge on any atom is -0.349 e. The van der Waals surface area contributed by atoms with Crippen molar-refractivity contribution >= 4 is 11.8 Å². The Hall–Kier alpha value is -1.88. The molecular weight excluding hydrogens is 340 g/mol. The summed E-state index contributed by atoms with van der Waals surface area (Å²) in [5.41, 5.74) is 2.94. The maximum Gasteiger partial charge on any atom is 0.274 e. The van der Waals surface area contributed by atoms with E-state index in [1.54, 1.807) is 17.6 Å². The summed E-state index contributed by atoms with van der Waals surface area (Å²) < 4.78 is 0. The van der Waals surface area contributed by atoms with Crippen LogP contribution in [0.1, 0.15) is 80.3 Å². The fraction of sp³-hybridized carbons (Fsp3) is 0.636. The van der Waals surface area contributed by atoms with Crippen LogP contribution in [0.25, 0.3) is 0 Å². The zero-order chi connectivity index (χ0) is 19.0. The second kappa shape index (κ2) is 7.27. The first kappa shape index (κ1) is 18.5. The highest BCUT2D eigenvalue weighted by Crippen LogP contribution is 2.60. The van der Waals surface area contributed by atoms with Crippen LogP contribution in [0.3, 0.4) is 0 Å². The van der Waals surface area contributed by atoms with Crippen LogP contribution < -0.4 is 10.8 Å². The van der Waals surface area contributed by atoms with Gasteiger partial charge in [-0.15, -0.1) is 0 Å². The van der Waals surface area contributed by atoms with Crippen LogP contribution >= 0.6 is 0 Å². The summed E-state index contributed by atoms with van der Waals surface area (Å²) in [6.45, 7) is 2.12. The van der Waals surface area contributed by atoms with E-state index in [1.807, 2.05) is 12.1 Å². The Morgan fingerprint density at radius 1 is 1.07 bits per heavy atom. The molecule has 5 rings (SSSR count). The van der Waals surface area contributed by atoms with Gasteiger partial charge in [0.15, 0.2) is 0 Å². The van der Waals surface area contributed by atoms with Crippen LogP contribution in [0.5, 0.6) is 0 Å². The molecule has 1 unspecified atom stereocenters. The van der Waals surface area contributed by atoms with E-state index in [2.05, 4.69) is 12.2 Å². The molecule has 146 valence electrons. The lowest BCUT2D eigenvalue weighted by atomic mass is 9.49. The highest BCUT2D eigenvalue weighted by molar-refractivity contribution is 5.93. The Balaban J connectivity index is 1.50. The number of carbonyl (C=O) groups excluding carboxylic acids is 2. The Morgan fingerprint density at radius 2 is 1.63 bits per heavy atom. The van der Waals surface area contributed by atoms with Crippen molar-refractivity contribution in [2.45, 2.75) is 64.3 Å². The van der Waals surface area contributed by atoms with Gasteiger partial charge < -0.3 is 5.32 Å². The van der Waals surface area contributed by atoms with E-state index in [9.17, 15) is 9.59 Å². The van der Waals surface area contributed by atoms with Crippen LogP contribution in [0.2, 0.25) is 0 Å². The quantitative estimate of drug-likeness (QED) is 0.523. The van der Waals surface area contributed by atoms with Gasteiger partial charge in [-0.1, -0.05) is 25.5 Å². The van der Waals surface area contributed by atoms with E-state index in [4.69, 9.17) is 5.21 Å². The molecule has 0 aromatic heterocycles. The fourth-order valence-corrected chi connectivity index (χ4v) is 6.24. The third-order valence-corrected chi connectivity index (χ3v) is 7.08. The second-order valence-electron chi connectivity index (χ2n) is 9.08. The molecule has 3 N–H and O–H groups in total. The molecule has 2 amide bonds. The average molecular weight is 370 g/mol. The molecule has 5 heteroatoms. The van der Waals surface area contributed by atoms with E-state index < -0.39 is 5.91 Å². The summed E-state index contributed by atoms with van der Waals surface area (Å²) >= 11 is 0. The molecule has 4 saturated carbocycles. The Kier molecular flexibility index (Phi) is 4.97. The largest absolute Gasteiger partial charge is 0.349 e. The number of hydrogen-bond donors (Lipinski definition) is 3. The molecule has 4 aliphatic rings. The summed E-state index contributed by atoms with van der Waals surface area (Å²) in [5, 5.41) is 12.1. The molecule has 0 saturated heterocycles. The number of carbonyl (C=O) groups is 2. The molecule has 4 aliphatic carbocycles. The molecule has 5 nitrogen and oxygen atoms in total. The van der Waals surface area contributed by atoms with Gasteiger partial charge in [0.25, 0.3) is 5.91 Å². The maximum absolute atomic E-state index is 13.4. The number of benzene rings is 1. The van der Waals surface area contributed by atoms with Crippen LogP contribution in [-0.4, -0.2) is 17.0 Å². The van der Waals surface area contributed by atoms with Crippen LogP contribution in [0.4, 0.5) is 0 Å². The Labute approximate surface area is 160 Å². The van der Waals surface area contributed by atoms with Crippen LogP contribution in [0, 0.1) is 23.2 Å². The third kappa shape index (κ3) is 3.49. The van der Waals surface area contributed by atoms with E-state index in [-0.39, 0.29) is 17.4 Å². The zero-order valence-electron chi connectivity index (χ0n) is 16.0. The molecule has 4 fully saturated rings. The van der Waals surface area contributed by atoms with E-state index >= 15 is 0 Å². The molecule has 1 aromatic carbocycles. The van der Waals surface area contributed by atoms with Crippen molar-refractivity contribution in [2.75, 3.05) is 0 Å². The van der Waals surface area contributed by atoms with Gasteiger partial charge in [0, 0.05) is 11.0 Å². The van der Waals surface area contributed by atoms with E-state index in [1.165, 1.54) is 19.3 Å². The monoisotopic (exact) mass is 370 g/mol. The van der Waals surface area contributed by atoms with Gasteiger partial charge in [0.2, 0.25) is 5.91 Å². The fourth-order valence-electron chi connectivity index (χ4n) is 6.24. The minimum absolute atomic E-state index is 0.0262. The topological polar surface area (TPSA) is 78.4 Å². The lowest BCUT2D eigenvalue weighted by Crippen LogP contribution is -2.54. The van der Waals surface area contributed by atoms with Crippen LogP contribution in [-0.2, 0) is 4.79 Å². The predicted molar refractivity (Wildman–Crippen MR) is 102 cm³/mol. The van der Waals surface area contributed by atoms with Gasteiger partial charge in [-0.2, -0.15) is 0 Å². The van der Waals surface area contributed by atoms with Gasteiger partial charge in [0.1, 0.15) is 0 Å². The smallest absolute Gasteiger partial charge is 0.274 e. The first-order valence-corrected chi connectivity index (χ1v) is 10.4. The number of hydroxylamine groups is 1. The predicted octanol–water partition coefficient (Wildman–Crippen LogP) is 3.98. The summed E-state index contributed by atoms with van der Waals surface area (Å²) in [6.07, 6.45) is 9.06. The number of amides is 2. The standard InChI is InChI=1S/C22H30N2O3/c1-2-3-19(17-4-6-18(7-5-17)20(25)24-27)23-21(26)22-11-14-8-15(12-22)10-16(9-14)13-22/h4-7,14-16,19,27H,2-3,8-13H2,1H3,(H,23,26)(H,24,25). The van der Waals surface area contributed by atoms with Crippen molar-refractivity contribution in [3.05, 3.63) is 35.4 Å². The van der Waals surface area contributed by atoms with Crippen molar-refractivity contribution in [2.24, 2.45) is 23.2 Å². The molecule has 1 aromatic rings. The van der Waals surface area contributed by atoms with E-state index in [0.717, 1.165) is 55.4 Å². The van der Waals surface area contributed by atoms with Crippen molar-refractivity contribution < 1.29 is 14.8 Å². The molecule has 0 radical (unpaired) electrons. The molecule has 1 atom stereocenters. The van der Waals surface area contributed by atoms with Crippen molar-refractivity contribution in [1.29, 1.82) is 0 Å². The highest BCUT2D eigenvalue weighted by Gasteiger charge is 2.54. The average Bonchev–Trinajstić information content (AvgIpc) is 2.66. The molecular formula is C22H30N2O3. The highest BCUT2D eigenvalue weighted by atomic mass is 16.5. The second-order valence-corrected chi connectivity index (χ2v) is 9.08. The lowest BCUT2D eigenvalue weighted by molar-refractivity contribution is -0.147. The van der Waals surface area contributed by atoms with Gasteiger partial charge in [-0.3, -0.25) is 14.8 Å². The summed E-state index contributed by atoms with van der Waals surface area (Å²) in [6, 6.07) is 7.12. The minimum atomic E-state index is -0.522. The normalized spacial score (nSPS) is 32.1. The number of nitrogens with one attached hydrogen (secondary N) is 2. The summed E-state index contributed by atoms with van der Waals surface area (Å²) in [4.78, 5) is 24.9. The molecule has 0 heterocycles. The Morgan fingerprint density at radius 3 is 2.11 bits per heavy atom. The van der Waals surface area contributed by atoms with Crippen molar-refractivity contribution in [3.63, 3.8) is 0 Å². The summed E-state index contributed by atoms with van der Waals surface area (Å²) in [7, 11) is 0. The third-order valence-electron chi connectivity index (χ3n) is 7.08. The van der Waals surface area contributed by atoms with Crippen LogP contribution in [0.15, 0.2) is 24.3 Å². The lowest BCUT2D eigenvalue weighted by Gasteiger charge is -2.55. The molecule has 4 bridgehead atoms. The van der Waals surface area contributed by atoms with Gasteiger partial charge in [0.05, 0.1) is 6.04 Å². The first-order valence-electron chi connectivity index (χ1n) is 10.4. The number of hydrogen-bond acceptors (Lipinski definition) is 3. The van der Waals surface area contributed by atoms with Crippen molar-refractivity contribution in [1.82, 2.24) is 10.8 Å². The molecule has 0 spiro atoms. The maximum atomic E-state index is 13.4. The Bertz CT molecular complexity index is 677. The molecule has 0 aliphatic heterocycles. The van der Waals surface area contributed by atoms with Gasteiger partial charge in [-0.05, 0) is 80.4 Å². The first-order chi connectivity index (χ1) is 13.0. The van der Waals surface area contributed by atoms with Gasteiger partial charge in [-0.25, -0.2) is 5.48 Å². The summed E-state index contributed by atoms with van der Waals surface area (Å²) in [5.74, 6) is 1.98. The van der Waals surface area contributed by atoms with Gasteiger partial charge >= 0.3 is 0 Å². The number of rotatable bonds is 6. The van der Waals surface area contributed by atoms with E-state index in [0.29, 0.717) is 5.56 Å². The SMILES string of the molecule is CCCC(NC(=O)C12CC3CC(CC(C3)C1)C2)c1ccc(C(=O)NO)cc1.